The summed E-state index contributed by atoms with van der Waals surface area (Å²) in [5.41, 5.74) is 2.12. The van der Waals surface area contributed by atoms with Crippen molar-refractivity contribution in [3.63, 3.8) is 0 Å². The predicted molar refractivity (Wildman–Crippen MR) is 74.1 cm³/mol. The minimum Gasteiger partial charge on any atom is -0.494 e. The van der Waals surface area contributed by atoms with E-state index in [1.165, 1.54) is 5.56 Å². The van der Waals surface area contributed by atoms with Gasteiger partial charge >= 0.3 is 0 Å². The minimum atomic E-state index is 0.455. The molecule has 18 heavy (non-hydrogen) atoms. The summed E-state index contributed by atoms with van der Waals surface area (Å²) in [5.74, 6) is 1.91. The number of nitrogens with one attached hydrogen (secondary N) is 1. The predicted octanol–water partition coefficient (Wildman–Crippen LogP) is 3.64. The van der Waals surface area contributed by atoms with Gasteiger partial charge in [0, 0.05) is 11.4 Å². The van der Waals surface area contributed by atoms with Gasteiger partial charge in [-0.2, -0.15) is 0 Å². The molecule has 1 aromatic heterocycles. The van der Waals surface area contributed by atoms with Crippen LogP contribution in [-0.2, 0) is 6.54 Å². The van der Waals surface area contributed by atoms with E-state index in [0.717, 1.165) is 29.0 Å². The van der Waals surface area contributed by atoms with Crippen molar-refractivity contribution < 1.29 is 9.15 Å². The smallest absolute Gasteiger partial charge is 0.134 e. The first kappa shape index (κ1) is 13.0. The zero-order chi connectivity index (χ0) is 13.1. The number of ether oxygens (including phenoxy) is 1. The third-order valence-corrected chi connectivity index (χ3v) is 2.99. The number of hydrogen-bond acceptors (Lipinski definition) is 3. The van der Waals surface area contributed by atoms with Gasteiger partial charge in [0.15, 0.2) is 0 Å². The van der Waals surface area contributed by atoms with Crippen molar-refractivity contribution >= 4 is 11.0 Å². The maximum absolute atomic E-state index is 5.86. The van der Waals surface area contributed by atoms with Gasteiger partial charge in [0.05, 0.1) is 13.2 Å². The standard InChI is InChI=1S/C15H21NO2/c1-5-17-12-6-7-14-13(8-12)11(4)15(18-14)9-16-10(2)3/h6-8,10,16H,5,9H2,1-4H3. The van der Waals surface area contributed by atoms with Crippen LogP contribution in [0.5, 0.6) is 5.75 Å². The molecule has 0 atom stereocenters. The van der Waals surface area contributed by atoms with E-state index < -0.39 is 0 Å². The largest absolute Gasteiger partial charge is 0.494 e. The fourth-order valence-corrected chi connectivity index (χ4v) is 1.97. The number of furan rings is 1. The number of aryl methyl sites for hydroxylation is 1. The lowest BCUT2D eigenvalue weighted by atomic mass is 10.1. The first-order valence-corrected chi connectivity index (χ1v) is 6.50. The van der Waals surface area contributed by atoms with Crippen LogP contribution in [0, 0.1) is 6.92 Å². The van der Waals surface area contributed by atoms with E-state index in [9.17, 15) is 0 Å². The Bertz CT molecular complexity index is 529. The highest BCUT2D eigenvalue weighted by atomic mass is 16.5. The summed E-state index contributed by atoms with van der Waals surface area (Å²) in [5, 5.41) is 4.52. The van der Waals surface area contributed by atoms with Crippen LogP contribution in [-0.4, -0.2) is 12.6 Å². The van der Waals surface area contributed by atoms with Crippen LogP contribution >= 0.6 is 0 Å². The molecule has 0 bridgehead atoms. The van der Waals surface area contributed by atoms with Gasteiger partial charge in [0.25, 0.3) is 0 Å². The summed E-state index contributed by atoms with van der Waals surface area (Å²) in [4.78, 5) is 0. The number of fused-ring (bicyclic) bond motifs is 1. The molecule has 0 saturated carbocycles. The van der Waals surface area contributed by atoms with Crippen molar-refractivity contribution in [2.24, 2.45) is 0 Å². The summed E-state index contributed by atoms with van der Waals surface area (Å²) in [6.07, 6.45) is 0. The fourth-order valence-electron chi connectivity index (χ4n) is 1.97. The zero-order valence-corrected chi connectivity index (χ0v) is 11.5. The molecule has 0 aliphatic heterocycles. The molecule has 1 heterocycles. The van der Waals surface area contributed by atoms with Gasteiger partial charge < -0.3 is 14.5 Å². The highest BCUT2D eigenvalue weighted by Crippen LogP contribution is 2.28. The highest BCUT2D eigenvalue weighted by Gasteiger charge is 2.11. The van der Waals surface area contributed by atoms with E-state index in [0.29, 0.717) is 12.6 Å². The Morgan fingerprint density at radius 2 is 2.11 bits per heavy atom. The molecule has 0 aliphatic rings. The molecule has 1 N–H and O–H groups in total. The second-order valence-electron chi connectivity index (χ2n) is 4.78. The average molecular weight is 247 g/mol. The summed E-state index contributed by atoms with van der Waals surface area (Å²) in [6, 6.07) is 6.44. The topological polar surface area (TPSA) is 34.4 Å². The van der Waals surface area contributed by atoms with Crippen molar-refractivity contribution in [1.82, 2.24) is 5.32 Å². The van der Waals surface area contributed by atoms with Gasteiger partial charge in [-0.25, -0.2) is 0 Å². The molecule has 2 rings (SSSR count). The molecule has 3 nitrogen and oxygen atoms in total. The molecule has 3 heteroatoms. The maximum Gasteiger partial charge on any atom is 0.134 e. The molecule has 0 saturated heterocycles. The number of benzene rings is 1. The highest BCUT2D eigenvalue weighted by molar-refractivity contribution is 5.83. The fraction of sp³-hybridized carbons (Fsp3) is 0.467. The summed E-state index contributed by atoms with van der Waals surface area (Å²) in [6.45, 7) is 9.80. The van der Waals surface area contributed by atoms with Crippen LogP contribution in [0.3, 0.4) is 0 Å². The molecule has 2 aromatic rings. The van der Waals surface area contributed by atoms with Gasteiger partial charge in [-0.15, -0.1) is 0 Å². The summed E-state index contributed by atoms with van der Waals surface area (Å²) >= 11 is 0. The molecule has 1 aromatic carbocycles. The van der Waals surface area contributed by atoms with Crippen LogP contribution < -0.4 is 10.1 Å². The lowest BCUT2D eigenvalue weighted by Gasteiger charge is -2.05. The molecule has 98 valence electrons. The Morgan fingerprint density at radius 3 is 2.78 bits per heavy atom. The Labute approximate surface area is 108 Å². The van der Waals surface area contributed by atoms with Gasteiger partial charge in [-0.3, -0.25) is 0 Å². The van der Waals surface area contributed by atoms with E-state index in [1.807, 2.05) is 19.1 Å². The van der Waals surface area contributed by atoms with Crippen molar-refractivity contribution in [3.05, 3.63) is 29.5 Å². The van der Waals surface area contributed by atoms with Gasteiger partial charge in [0.1, 0.15) is 17.1 Å². The molecule has 0 unspecified atom stereocenters. The third kappa shape index (κ3) is 2.67. The molecule has 0 spiro atoms. The van der Waals surface area contributed by atoms with E-state index in [-0.39, 0.29) is 0 Å². The molecule has 0 amide bonds. The molecular weight excluding hydrogens is 226 g/mol. The normalized spacial score (nSPS) is 11.4. The molecule has 0 aliphatic carbocycles. The van der Waals surface area contributed by atoms with E-state index in [4.69, 9.17) is 9.15 Å². The minimum absolute atomic E-state index is 0.455. The average Bonchev–Trinajstić information content (AvgIpc) is 2.64. The Balaban J connectivity index is 2.31. The zero-order valence-electron chi connectivity index (χ0n) is 11.5. The van der Waals surface area contributed by atoms with Crippen LogP contribution in [0.1, 0.15) is 32.1 Å². The van der Waals surface area contributed by atoms with E-state index in [2.05, 4.69) is 32.2 Å². The Kier molecular flexibility index (Phi) is 3.92. The van der Waals surface area contributed by atoms with E-state index in [1.54, 1.807) is 0 Å². The van der Waals surface area contributed by atoms with Crippen molar-refractivity contribution in [2.75, 3.05) is 6.61 Å². The van der Waals surface area contributed by atoms with Crippen molar-refractivity contribution in [3.8, 4) is 5.75 Å². The van der Waals surface area contributed by atoms with Crippen LogP contribution in [0.25, 0.3) is 11.0 Å². The summed E-state index contributed by atoms with van der Waals surface area (Å²) in [7, 11) is 0. The molecule has 0 radical (unpaired) electrons. The lowest BCUT2D eigenvalue weighted by molar-refractivity contribution is 0.340. The number of hydrogen-bond donors (Lipinski definition) is 1. The first-order valence-electron chi connectivity index (χ1n) is 6.50. The van der Waals surface area contributed by atoms with Gasteiger partial charge in [-0.05, 0) is 37.6 Å². The second kappa shape index (κ2) is 5.44. The Hall–Kier alpha value is -1.48. The Morgan fingerprint density at radius 1 is 1.33 bits per heavy atom. The van der Waals surface area contributed by atoms with Crippen molar-refractivity contribution in [1.29, 1.82) is 0 Å². The van der Waals surface area contributed by atoms with Crippen LogP contribution in [0.15, 0.2) is 22.6 Å². The first-order chi connectivity index (χ1) is 8.61. The molecular formula is C15H21NO2. The molecule has 0 fully saturated rings. The maximum atomic E-state index is 5.86. The SMILES string of the molecule is CCOc1ccc2oc(CNC(C)C)c(C)c2c1. The third-order valence-electron chi connectivity index (χ3n) is 2.99. The van der Waals surface area contributed by atoms with Crippen LogP contribution in [0.2, 0.25) is 0 Å². The second-order valence-corrected chi connectivity index (χ2v) is 4.78. The number of rotatable bonds is 5. The van der Waals surface area contributed by atoms with Gasteiger partial charge in [-0.1, -0.05) is 13.8 Å². The summed E-state index contributed by atoms with van der Waals surface area (Å²) < 4.78 is 11.4. The quantitative estimate of drug-likeness (QED) is 0.876. The van der Waals surface area contributed by atoms with Crippen molar-refractivity contribution in [2.45, 2.75) is 40.3 Å². The van der Waals surface area contributed by atoms with E-state index >= 15 is 0 Å². The monoisotopic (exact) mass is 247 g/mol. The van der Waals surface area contributed by atoms with Crippen LogP contribution in [0.4, 0.5) is 0 Å². The van der Waals surface area contributed by atoms with Gasteiger partial charge in [0.2, 0.25) is 0 Å². The lowest BCUT2D eigenvalue weighted by Crippen LogP contribution is -2.21.